The van der Waals surface area contributed by atoms with Crippen molar-refractivity contribution in [2.45, 2.75) is 13.3 Å². The van der Waals surface area contributed by atoms with Gasteiger partial charge in [-0.1, -0.05) is 24.4 Å². The fourth-order valence-corrected chi connectivity index (χ4v) is 0.831. The van der Waals surface area contributed by atoms with Crippen LogP contribution < -0.4 is 5.32 Å². The van der Waals surface area contributed by atoms with Crippen LogP contribution in [0.5, 0.6) is 0 Å². The van der Waals surface area contributed by atoms with Gasteiger partial charge in [-0.25, -0.2) is 5.10 Å². The molecule has 0 radical (unpaired) electrons. The van der Waals surface area contributed by atoms with Gasteiger partial charge in [0.2, 0.25) is 0 Å². The van der Waals surface area contributed by atoms with Crippen LogP contribution in [0.1, 0.15) is 13.3 Å². The maximum atomic E-state index is 4.94. The number of H-pyrrole nitrogens is 1. The summed E-state index contributed by atoms with van der Waals surface area (Å²) in [6.45, 7) is 3.00. The molecule has 1 heterocycles. The SMILES string of the molecule is CCCNc1cnn[nH]c1=S. The number of aromatic nitrogens is 3. The number of anilines is 1. The Balaban J connectivity index is 2.70. The second-order valence-electron chi connectivity index (χ2n) is 2.13. The molecule has 0 saturated carbocycles. The topological polar surface area (TPSA) is 53.6 Å². The summed E-state index contributed by atoms with van der Waals surface area (Å²) in [7, 11) is 0. The lowest BCUT2D eigenvalue weighted by Crippen LogP contribution is -2.02. The molecule has 0 spiro atoms. The van der Waals surface area contributed by atoms with Crippen molar-refractivity contribution in [3.63, 3.8) is 0 Å². The summed E-state index contributed by atoms with van der Waals surface area (Å²) >= 11 is 4.94. The molecule has 1 aromatic rings. The quantitative estimate of drug-likeness (QED) is 0.672. The molecule has 60 valence electrons. The van der Waals surface area contributed by atoms with Gasteiger partial charge in [0, 0.05) is 6.54 Å². The van der Waals surface area contributed by atoms with Crippen molar-refractivity contribution in [1.82, 2.24) is 15.4 Å². The molecule has 0 bridgehead atoms. The molecule has 0 aliphatic heterocycles. The van der Waals surface area contributed by atoms with Gasteiger partial charge in [-0.15, -0.1) is 5.10 Å². The van der Waals surface area contributed by atoms with Gasteiger partial charge in [-0.2, -0.15) is 0 Å². The lowest BCUT2D eigenvalue weighted by molar-refractivity contribution is 0.851. The van der Waals surface area contributed by atoms with Gasteiger partial charge < -0.3 is 5.32 Å². The minimum Gasteiger partial charge on any atom is -0.381 e. The summed E-state index contributed by atoms with van der Waals surface area (Å²) in [5.74, 6) is 0. The number of aromatic amines is 1. The molecular weight excluding hydrogens is 160 g/mol. The molecule has 0 amide bonds. The third-order valence-corrected chi connectivity index (χ3v) is 1.52. The maximum absolute atomic E-state index is 4.94. The Labute approximate surface area is 70.0 Å². The van der Waals surface area contributed by atoms with E-state index in [0.29, 0.717) is 4.64 Å². The summed E-state index contributed by atoms with van der Waals surface area (Å²) in [6, 6.07) is 0. The summed E-state index contributed by atoms with van der Waals surface area (Å²) in [6.07, 6.45) is 2.69. The van der Waals surface area contributed by atoms with Crippen molar-refractivity contribution in [2.24, 2.45) is 0 Å². The zero-order valence-electron chi connectivity index (χ0n) is 6.29. The normalized spacial score (nSPS) is 9.55. The van der Waals surface area contributed by atoms with Crippen LogP contribution in [0.4, 0.5) is 5.69 Å². The van der Waals surface area contributed by atoms with Crippen LogP contribution in [0, 0.1) is 4.64 Å². The van der Waals surface area contributed by atoms with Crippen molar-refractivity contribution in [3.8, 4) is 0 Å². The summed E-state index contributed by atoms with van der Waals surface area (Å²) in [4.78, 5) is 0. The Hall–Kier alpha value is -0.970. The van der Waals surface area contributed by atoms with E-state index in [4.69, 9.17) is 12.2 Å². The molecule has 1 rings (SSSR count). The predicted molar refractivity (Wildman–Crippen MR) is 46.0 cm³/mol. The van der Waals surface area contributed by atoms with Crippen LogP contribution in [-0.2, 0) is 0 Å². The Morgan fingerprint density at radius 2 is 2.55 bits per heavy atom. The first-order chi connectivity index (χ1) is 5.34. The Morgan fingerprint density at radius 1 is 1.73 bits per heavy atom. The van der Waals surface area contributed by atoms with E-state index in [2.05, 4.69) is 27.7 Å². The zero-order valence-corrected chi connectivity index (χ0v) is 7.11. The third kappa shape index (κ3) is 2.27. The maximum Gasteiger partial charge on any atom is 0.146 e. The molecular formula is C6H10N4S. The number of hydrogen-bond donors (Lipinski definition) is 2. The third-order valence-electron chi connectivity index (χ3n) is 1.21. The van der Waals surface area contributed by atoms with Crippen molar-refractivity contribution in [3.05, 3.63) is 10.8 Å². The van der Waals surface area contributed by atoms with E-state index in [0.717, 1.165) is 18.7 Å². The summed E-state index contributed by atoms with van der Waals surface area (Å²) in [5, 5.41) is 12.9. The molecule has 0 atom stereocenters. The van der Waals surface area contributed by atoms with Crippen molar-refractivity contribution in [2.75, 3.05) is 11.9 Å². The molecule has 1 aromatic heterocycles. The van der Waals surface area contributed by atoms with Gasteiger partial charge in [-0.05, 0) is 6.42 Å². The Kier molecular flexibility index (Phi) is 2.97. The van der Waals surface area contributed by atoms with E-state index >= 15 is 0 Å². The van der Waals surface area contributed by atoms with Crippen LogP contribution >= 0.6 is 12.2 Å². The van der Waals surface area contributed by atoms with E-state index in [1.165, 1.54) is 0 Å². The van der Waals surface area contributed by atoms with E-state index in [1.807, 2.05) is 0 Å². The monoisotopic (exact) mass is 170 g/mol. The molecule has 11 heavy (non-hydrogen) atoms. The minimum atomic E-state index is 0.605. The van der Waals surface area contributed by atoms with Crippen LogP contribution in [-0.4, -0.2) is 22.0 Å². The summed E-state index contributed by atoms with van der Waals surface area (Å²) < 4.78 is 0.605. The van der Waals surface area contributed by atoms with Crippen LogP contribution in [0.2, 0.25) is 0 Å². The number of nitrogens with zero attached hydrogens (tertiary/aromatic N) is 2. The molecule has 2 N–H and O–H groups in total. The minimum absolute atomic E-state index is 0.605. The standard InChI is InChI=1S/C6H10N4S/c1-2-3-7-5-4-8-10-9-6(5)11/h4H,2-3H2,1H3,(H,7,10)(H,8,9,11). The number of nitrogens with one attached hydrogen (secondary N) is 2. The van der Waals surface area contributed by atoms with Crippen molar-refractivity contribution < 1.29 is 0 Å². The van der Waals surface area contributed by atoms with Gasteiger partial charge in [0.15, 0.2) is 0 Å². The molecule has 0 aliphatic rings. The molecule has 0 saturated heterocycles. The molecule has 0 fully saturated rings. The zero-order chi connectivity index (χ0) is 8.10. The first kappa shape index (κ1) is 8.13. The van der Waals surface area contributed by atoms with Gasteiger partial charge in [0.25, 0.3) is 0 Å². The Morgan fingerprint density at radius 3 is 3.18 bits per heavy atom. The fraction of sp³-hybridized carbons (Fsp3) is 0.500. The average molecular weight is 170 g/mol. The van der Waals surface area contributed by atoms with E-state index < -0.39 is 0 Å². The van der Waals surface area contributed by atoms with Crippen LogP contribution in [0.3, 0.4) is 0 Å². The van der Waals surface area contributed by atoms with Crippen molar-refractivity contribution in [1.29, 1.82) is 0 Å². The fourth-order valence-electron chi connectivity index (χ4n) is 0.665. The van der Waals surface area contributed by atoms with Crippen LogP contribution in [0.25, 0.3) is 0 Å². The highest BCUT2D eigenvalue weighted by atomic mass is 32.1. The Bertz CT molecular complexity index is 269. The smallest absolute Gasteiger partial charge is 0.146 e. The summed E-state index contributed by atoms with van der Waals surface area (Å²) in [5.41, 5.74) is 0.844. The first-order valence-electron chi connectivity index (χ1n) is 3.49. The van der Waals surface area contributed by atoms with Crippen LogP contribution in [0.15, 0.2) is 6.20 Å². The largest absolute Gasteiger partial charge is 0.381 e. The number of hydrogen-bond acceptors (Lipinski definition) is 4. The van der Waals surface area contributed by atoms with Gasteiger partial charge in [-0.3, -0.25) is 0 Å². The second-order valence-corrected chi connectivity index (χ2v) is 2.53. The highest BCUT2D eigenvalue weighted by molar-refractivity contribution is 7.71. The van der Waals surface area contributed by atoms with E-state index in [-0.39, 0.29) is 0 Å². The van der Waals surface area contributed by atoms with Gasteiger partial charge in [0.05, 0.1) is 11.9 Å². The average Bonchev–Trinajstić information content (AvgIpc) is 2.03. The highest BCUT2D eigenvalue weighted by Crippen LogP contribution is 2.02. The lowest BCUT2D eigenvalue weighted by atomic mass is 10.4. The molecule has 0 aliphatic carbocycles. The molecule has 4 nitrogen and oxygen atoms in total. The highest BCUT2D eigenvalue weighted by Gasteiger charge is 1.91. The molecule has 0 unspecified atom stereocenters. The second kappa shape index (κ2) is 4.02. The number of rotatable bonds is 3. The molecule has 0 aromatic carbocycles. The predicted octanol–water partition coefficient (Wildman–Crippen LogP) is 1.36. The van der Waals surface area contributed by atoms with Crippen molar-refractivity contribution >= 4 is 17.9 Å². The van der Waals surface area contributed by atoms with Gasteiger partial charge in [0.1, 0.15) is 4.64 Å². The molecule has 5 heteroatoms. The lowest BCUT2D eigenvalue weighted by Gasteiger charge is -2.01. The van der Waals surface area contributed by atoms with E-state index in [1.54, 1.807) is 6.20 Å². The first-order valence-corrected chi connectivity index (χ1v) is 3.89. The van der Waals surface area contributed by atoms with E-state index in [9.17, 15) is 0 Å². The van der Waals surface area contributed by atoms with Gasteiger partial charge >= 0.3 is 0 Å².